The van der Waals surface area contributed by atoms with Gasteiger partial charge < -0.3 is 14.8 Å². The van der Waals surface area contributed by atoms with Gasteiger partial charge in [0.05, 0.1) is 6.61 Å². The molecule has 4 nitrogen and oxygen atoms in total. The fourth-order valence-corrected chi connectivity index (χ4v) is 1.99. The Labute approximate surface area is 129 Å². The Morgan fingerprint density at radius 1 is 1.14 bits per heavy atom. The molecular formula is C17H30N2O2. The number of rotatable bonds is 9. The summed E-state index contributed by atoms with van der Waals surface area (Å²) < 4.78 is 11.4. The molecule has 0 amide bonds. The summed E-state index contributed by atoms with van der Waals surface area (Å²) in [6.07, 6.45) is 0. The summed E-state index contributed by atoms with van der Waals surface area (Å²) in [4.78, 5) is 4.53. The van der Waals surface area contributed by atoms with Gasteiger partial charge in [0.1, 0.15) is 6.61 Å². The lowest BCUT2D eigenvalue weighted by Gasteiger charge is -2.16. The van der Waals surface area contributed by atoms with Gasteiger partial charge in [0.15, 0.2) is 0 Å². The minimum absolute atomic E-state index is 0.438. The monoisotopic (exact) mass is 294 g/mol. The number of nitrogens with one attached hydrogen (secondary N) is 1. The number of aryl methyl sites for hydroxylation is 2. The zero-order valence-corrected chi connectivity index (χ0v) is 14.3. The van der Waals surface area contributed by atoms with E-state index >= 15 is 0 Å². The number of pyridine rings is 1. The van der Waals surface area contributed by atoms with Gasteiger partial charge in [0, 0.05) is 30.5 Å². The molecular weight excluding hydrogens is 264 g/mol. The molecule has 0 aliphatic heterocycles. The molecule has 0 aliphatic rings. The molecule has 1 N–H and O–H groups in total. The molecule has 0 bridgehead atoms. The van der Waals surface area contributed by atoms with E-state index in [4.69, 9.17) is 9.47 Å². The van der Waals surface area contributed by atoms with Crippen molar-refractivity contribution in [2.45, 2.75) is 54.1 Å². The van der Waals surface area contributed by atoms with Crippen molar-refractivity contribution in [2.75, 3.05) is 19.8 Å². The van der Waals surface area contributed by atoms with Crippen LogP contribution < -0.4 is 10.1 Å². The van der Waals surface area contributed by atoms with Crippen molar-refractivity contribution >= 4 is 0 Å². The van der Waals surface area contributed by atoms with Gasteiger partial charge in [-0.2, -0.15) is 0 Å². The third kappa shape index (κ3) is 6.91. The average molecular weight is 294 g/mol. The summed E-state index contributed by atoms with van der Waals surface area (Å²) in [6.45, 7) is 15.3. The largest absolute Gasteiger partial charge is 0.475 e. The molecule has 0 spiro atoms. The molecule has 0 radical (unpaired) electrons. The van der Waals surface area contributed by atoms with Crippen LogP contribution in [-0.2, 0) is 11.3 Å². The van der Waals surface area contributed by atoms with Crippen molar-refractivity contribution < 1.29 is 9.47 Å². The first-order valence-electron chi connectivity index (χ1n) is 7.81. The molecule has 0 fully saturated rings. The smallest absolute Gasteiger partial charge is 0.218 e. The third-order valence-electron chi connectivity index (χ3n) is 3.04. The Morgan fingerprint density at radius 3 is 2.48 bits per heavy atom. The van der Waals surface area contributed by atoms with Gasteiger partial charge in [-0.3, -0.25) is 0 Å². The van der Waals surface area contributed by atoms with E-state index in [-0.39, 0.29) is 0 Å². The Kier molecular flexibility index (Phi) is 7.68. The molecule has 1 rings (SSSR count). The Hall–Kier alpha value is -1.13. The molecule has 4 heteroatoms. The number of nitrogens with zero attached hydrogens (tertiary/aromatic N) is 1. The lowest BCUT2D eigenvalue weighted by molar-refractivity contribution is 0.0802. The van der Waals surface area contributed by atoms with Crippen LogP contribution in [0.3, 0.4) is 0 Å². The van der Waals surface area contributed by atoms with E-state index in [2.05, 4.69) is 51.0 Å². The van der Waals surface area contributed by atoms with Crippen LogP contribution in [0, 0.1) is 19.8 Å². The minimum Gasteiger partial charge on any atom is -0.475 e. The lowest BCUT2D eigenvalue weighted by Crippen LogP contribution is -2.23. The second kappa shape index (κ2) is 9.00. The highest BCUT2D eigenvalue weighted by Gasteiger charge is 2.10. The van der Waals surface area contributed by atoms with Crippen molar-refractivity contribution in [3.05, 3.63) is 22.9 Å². The van der Waals surface area contributed by atoms with Crippen LogP contribution in [0.2, 0.25) is 0 Å². The normalized spacial score (nSPS) is 11.4. The first kappa shape index (κ1) is 17.9. The maximum absolute atomic E-state index is 5.84. The molecule has 0 saturated carbocycles. The zero-order valence-electron chi connectivity index (χ0n) is 14.3. The second-order valence-corrected chi connectivity index (χ2v) is 6.22. The van der Waals surface area contributed by atoms with Crippen LogP contribution in [0.4, 0.5) is 0 Å². The van der Waals surface area contributed by atoms with Gasteiger partial charge in [-0.25, -0.2) is 4.98 Å². The third-order valence-corrected chi connectivity index (χ3v) is 3.04. The number of aromatic nitrogens is 1. The second-order valence-electron chi connectivity index (χ2n) is 6.22. The van der Waals surface area contributed by atoms with E-state index < -0.39 is 0 Å². The van der Waals surface area contributed by atoms with Crippen LogP contribution in [-0.4, -0.2) is 30.8 Å². The highest BCUT2D eigenvalue weighted by Crippen LogP contribution is 2.21. The molecule has 0 saturated heterocycles. The maximum atomic E-state index is 5.84. The van der Waals surface area contributed by atoms with Gasteiger partial charge in [-0.05, 0) is 31.4 Å². The quantitative estimate of drug-likeness (QED) is 0.710. The van der Waals surface area contributed by atoms with E-state index in [1.54, 1.807) is 0 Å². The van der Waals surface area contributed by atoms with Crippen molar-refractivity contribution in [1.82, 2.24) is 10.3 Å². The predicted octanol–water partition coefficient (Wildman–Crippen LogP) is 3.25. The topological polar surface area (TPSA) is 43.4 Å². The van der Waals surface area contributed by atoms with Crippen molar-refractivity contribution in [1.29, 1.82) is 0 Å². The number of hydrogen-bond donors (Lipinski definition) is 1. The molecule has 1 heterocycles. The summed E-state index contributed by atoms with van der Waals surface area (Å²) in [5.41, 5.74) is 3.34. The van der Waals surface area contributed by atoms with E-state index in [1.807, 2.05) is 6.92 Å². The molecule has 0 atom stereocenters. The van der Waals surface area contributed by atoms with Crippen molar-refractivity contribution in [3.8, 4) is 5.88 Å². The SMILES string of the molecule is Cc1cc(C)c(CNC(C)C)c(OCCOCC(C)C)n1. The first-order chi connectivity index (χ1) is 9.90. The molecule has 0 aromatic carbocycles. The molecule has 1 aromatic rings. The van der Waals surface area contributed by atoms with Crippen LogP contribution in [0.1, 0.15) is 44.5 Å². The molecule has 120 valence electrons. The summed E-state index contributed by atoms with van der Waals surface area (Å²) in [6, 6.07) is 2.53. The predicted molar refractivity (Wildman–Crippen MR) is 86.8 cm³/mol. The maximum Gasteiger partial charge on any atom is 0.218 e. The molecule has 1 aromatic heterocycles. The fraction of sp³-hybridized carbons (Fsp3) is 0.706. The fourth-order valence-electron chi connectivity index (χ4n) is 1.99. The Balaban J connectivity index is 2.61. The highest BCUT2D eigenvalue weighted by molar-refractivity contribution is 5.35. The lowest BCUT2D eigenvalue weighted by atomic mass is 10.1. The van der Waals surface area contributed by atoms with Crippen LogP contribution >= 0.6 is 0 Å². The van der Waals surface area contributed by atoms with Crippen LogP contribution in [0.15, 0.2) is 6.07 Å². The highest BCUT2D eigenvalue weighted by atomic mass is 16.5. The summed E-state index contributed by atoms with van der Waals surface area (Å²) in [7, 11) is 0. The minimum atomic E-state index is 0.438. The molecule has 0 aliphatic carbocycles. The zero-order chi connectivity index (χ0) is 15.8. The van der Waals surface area contributed by atoms with Gasteiger partial charge >= 0.3 is 0 Å². The average Bonchev–Trinajstić information content (AvgIpc) is 2.36. The number of ether oxygens (including phenoxy) is 2. The summed E-state index contributed by atoms with van der Waals surface area (Å²) in [5, 5.41) is 3.43. The van der Waals surface area contributed by atoms with E-state index in [9.17, 15) is 0 Å². The first-order valence-corrected chi connectivity index (χ1v) is 7.81. The van der Waals surface area contributed by atoms with Gasteiger partial charge in [0.2, 0.25) is 5.88 Å². The van der Waals surface area contributed by atoms with E-state index in [1.165, 1.54) is 5.56 Å². The van der Waals surface area contributed by atoms with Gasteiger partial charge in [0.25, 0.3) is 0 Å². The standard InChI is InChI=1S/C17H30N2O2/c1-12(2)11-20-7-8-21-17-16(10-18-13(3)4)14(5)9-15(6)19-17/h9,12-13,18H,7-8,10-11H2,1-6H3. The molecule has 21 heavy (non-hydrogen) atoms. The summed E-state index contributed by atoms with van der Waals surface area (Å²) >= 11 is 0. The Morgan fingerprint density at radius 2 is 1.86 bits per heavy atom. The van der Waals surface area contributed by atoms with Gasteiger partial charge in [-0.1, -0.05) is 27.7 Å². The van der Waals surface area contributed by atoms with Crippen molar-refractivity contribution in [3.63, 3.8) is 0 Å². The van der Waals surface area contributed by atoms with Gasteiger partial charge in [-0.15, -0.1) is 0 Å². The van der Waals surface area contributed by atoms with Crippen molar-refractivity contribution in [2.24, 2.45) is 5.92 Å². The van der Waals surface area contributed by atoms with E-state index in [0.29, 0.717) is 25.2 Å². The van der Waals surface area contributed by atoms with Crippen LogP contribution in [0.5, 0.6) is 5.88 Å². The molecule has 0 unspecified atom stereocenters. The van der Waals surface area contributed by atoms with E-state index in [0.717, 1.165) is 30.3 Å². The number of hydrogen-bond acceptors (Lipinski definition) is 4. The Bertz CT molecular complexity index is 431. The summed E-state index contributed by atoms with van der Waals surface area (Å²) in [5.74, 6) is 1.28. The van der Waals surface area contributed by atoms with Crippen LogP contribution in [0.25, 0.3) is 0 Å².